The van der Waals surface area contributed by atoms with Gasteiger partial charge in [-0.25, -0.2) is 4.98 Å². The first-order valence-corrected chi connectivity index (χ1v) is 8.02. The number of carbonyl (C=O) groups excluding carboxylic acids is 1. The second-order valence-electron chi connectivity index (χ2n) is 5.21. The summed E-state index contributed by atoms with van der Waals surface area (Å²) in [6.45, 7) is 4.78. The van der Waals surface area contributed by atoms with Crippen LogP contribution in [0.15, 0.2) is 11.6 Å². The number of hydrogen-bond acceptors (Lipinski definition) is 4. The molecule has 0 bridgehead atoms. The number of carbonyl (C=O) groups is 1. The van der Waals surface area contributed by atoms with Crippen molar-refractivity contribution in [1.82, 2.24) is 15.6 Å². The van der Waals surface area contributed by atoms with E-state index in [-0.39, 0.29) is 11.3 Å². The molecule has 1 aliphatic heterocycles. The highest BCUT2D eigenvalue weighted by Crippen LogP contribution is 2.34. The zero-order chi connectivity index (χ0) is 13.6. The summed E-state index contributed by atoms with van der Waals surface area (Å²) in [5.74, 6) is 0.243. The first kappa shape index (κ1) is 14.5. The molecule has 0 radical (unpaired) electrons. The quantitative estimate of drug-likeness (QED) is 0.838. The van der Waals surface area contributed by atoms with E-state index >= 15 is 0 Å². The minimum atomic E-state index is -0.136. The first-order chi connectivity index (χ1) is 9.27. The Labute approximate surface area is 119 Å². The van der Waals surface area contributed by atoms with Gasteiger partial charge in [-0.3, -0.25) is 4.79 Å². The molecule has 2 heterocycles. The van der Waals surface area contributed by atoms with E-state index in [0.717, 1.165) is 50.2 Å². The van der Waals surface area contributed by atoms with Crippen LogP contribution in [0.4, 0.5) is 0 Å². The number of rotatable bonds is 6. The molecule has 2 rings (SSSR count). The van der Waals surface area contributed by atoms with E-state index in [2.05, 4.69) is 22.5 Å². The van der Waals surface area contributed by atoms with Crippen LogP contribution < -0.4 is 10.6 Å². The molecule has 0 spiro atoms. The predicted molar refractivity (Wildman–Crippen MR) is 78.3 cm³/mol. The Morgan fingerprint density at radius 3 is 2.95 bits per heavy atom. The molecule has 4 nitrogen and oxygen atoms in total. The molecule has 0 unspecified atom stereocenters. The number of piperidine rings is 1. The van der Waals surface area contributed by atoms with Gasteiger partial charge in [0, 0.05) is 24.5 Å². The van der Waals surface area contributed by atoms with Crippen molar-refractivity contribution in [2.45, 2.75) is 39.0 Å². The molecular formula is C14H23N3OS. The van der Waals surface area contributed by atoms with Crippen molar-refractivity contribution in [1.29, 1.82) is 0 Å². The van der Waals surface area contributed by atoms with Crippen LogP contribution in [0.5, 0.6) is 0 Å². The third kappa shape index (κ3) is 3.76. The number of thiazole rings is 1. The molecule has 1 saturated heterocycles. The Kier molecular flexibility index (Phi) is 5.34. The van der Waals surface area contributed by atoms with Crippen molar-refractivity contribution in [3.8, 4) is 0 Å². The minimum Gasteiger partial charge on any atom is -0.355 e. The monoisotopic (exact) mass is 281 g/mol. The summed E-state index contributed by atoms with van der Waals surface area (Å²) in [6.07, 6.45) is 6.64. The second-order valence-corrected chi connectivity index (χ2v) is 6.19. The van der Waals surface area contributed by atoms with Crippen LogP contribution in [0.25, 0.3) is 0 Å². The Morgan fingerprint density at radius 2 is 2.32 bits per heavy atom. The van der Waals surface area contributed by atoms with E-state index < -0.39 is 0 Å². The topological polar surface area (TPSA) is 54.0 Å². The molecule has 0 saturated carbocycles. The first-order valence-electron chi connectivity index (χ1n) is 7.14. The van der Waals surface area contributed by atoms with Crippen molar-refractivity contribution in [2.75, 3.05) is 19.6 Å². The molecule has 106 valence electrons. The highest BCUT2D eigenvalue weighted by atomic mass is 32.1. The number of hydrogen-bond donors (Lipinski definition) is 2. The van der Waals surface area contributed by atoms with Crippen molar-refractivity contribution in [3.05, 3.63) is 16.6 Å². The van der Waals surface area contributed by atoms with Crippen molar-refractivity contribution in [2.24, 2.45) is 5.41 Å². The molecule has 0 atom stereocenters. The smallest absolute Gasteiger partial charge is 0.226 e. The van der Waals surface area contributed by atoms with Gasteiger partial charge in [-0.1, -0.05) is 13.3 Å². The molecule has 0 aromatic carbocycles. The van der Waals surface area contributed by atoms with Gasteiger partial charge in [0.05, 0.1) is 10.4 Å². The van der Waals surface area contributed by atoms with E-state index in [1.165, 1.54) is 0 Å². The highest BCUT2D eigenvalue weighted by Gasteiger charge is 2.38. The molecule has 1 amide bonds. The van der Waals surface area contributed by atoms with Gasteiger partial charge in [0.25, 0.3) is 0 Å². The minimum absolute atomic E-state index is 0.136. The van der Waals surface area contributed by atoms with Gasteiger partial charge < -0.3 is 10.6 Å². The lowest BCUT2D eigenvalue weighted by Gasteiger charge is -2.36. The largest absolute Gasteiger partial charge is 0.355 e. The van der Waals surface area contributed by atoms with Gasteiger partial charge in [-0.05, 0) is 32.4 Å². The summed E-state index contributed by atoms with van der Waals surface area (Å²) in [4.78, 5) is 16.7. The summed E-state index contributed by atoms with van der Waals surface area (Å²) < 4.78 is 0. The van der Waals surface area contributed by atoms with Crippen LogP contribution in [-0.4, -0.2) is 30.5 Å². The van der Waals surface area contributed by atoms with E-state index in [1.807, 2.05) is 11.6 Å². The normalized spacial score (nSPS) is 18.2. The van der Waals surface area contributed by atoms with Crippen LogP contribution >= 0.6 is 11.3 Å². The van der Waals surface area contributed by atoms with Crippen LogP contribution in [0.2, 0.25) is 0 Å². The molecule has 1 aromatic rings. The maximum Gasteiger partial charge on any atom is 0.226 e. The van der Waals surface area contributed by atoms with Gasteiger partial charge in [-0.2, -0.15) is 0 Å². The molecule has 1 fully saturated rings. The molecule has 1 aliphatic rings. The van der Waals surface area contributed by atoms with Gasteiger partial charge in [0.2, 0.25) is 5.91 Å². The molecule has 0 aliphatic carbocycles. The number of nitrogens with zero attached hydrogens (tertiary/aromatic N) is 1. The fourth-order valence-electron chi connectivity index (χ4n) is 2.82. The second kappa shape index (κ2) is 7.01. The van der Waals surface area contributed by atoms with Gasteiger partial charge in [-0.15, -0.1) is 11.3 Å². The lowest BCUT2D eigenvalue weighted by Crippen LogP contribution is -2.48. The summed E-state index contributed by atoms with van der Waals surface area (Å²) in [5, 5.41) is 9.53. The van der Waals surface area contributed by atoms with Crippen LogP contribution in [-0.2, 0) is 11.2 Å². The molecule has 5 heteroatoms. The third-order valence-electron chi connectivity index (χ3n) is 3.88. The zero-order valence-electron chi connectivity index (χ0n) is 11.6. The third-order valence-corrected chi connectivity index (χ3v) is 4.72. The SMILES string of the molecule is CCCC1(C(=O)NCCc2nccs2)CCNCC1. The zero-order valence-corrected chi connectivity index (χ0v) is 12.4. The summed E-state index contributed by atoms with van der Waals surface area (Å²) >= 11 is 1.65. The highest BCUT2D eigenvalue weighted by molar-refractivity contribution is 7.09. The predicted octanol–water partition coefficient (Wildman–Crippen LogP) is 1.97. The van der Waals surface area contributed by atoms with Crippen LogP contribution in [0, 0.1) is 5.41 Å². The average Bonchev–Trinajstić information content (AvgIpc) is 2.93. The molecular weight excluding hydrogens is 258 g/mol. The van der Waals surface area contributed by atoms with E-state index in [1.54, 1.807) is 11.3 Å². The maximum atomic E-state index is 12.5. The maximum absolute atomic E-state index is 12.5. The molecule has 19 heavy (non-hydrogen) atoms. The van der Waals surface area contributed by atoms with Gasteiger partial charge in [0.15, 0.2) is 0 Å². The Hall–Kier alpha value is -0.940. The van der Waals surface area contributed by atoms with Gasteiger partial charge >= 0.3 is 0 Å². The van der Waals surface area contributed by atoms with Gasteiger partial charge in [0.1, 0.15) is 0 Å². The van der Waals surface area contributed by atoms with E-state index in [9.17, 15) is 4.79 Å². The van der Waals surface area contributed by atoms with Crippen molar-refractivity contribution >= 4 is 17.2 Å². The fraction of sp³-hybridized carbons (Fsp3) is 0.714. The van der Waals surface area contributed by atoms with Crippen molar-refractivity contribution in [3.63, 3.8) is 0 Å². The Bertz CT molecular complexity index is 380. The van der Waals surface area contributed by atoms with Crippen LogP contribution in [0.1, 0.15) is 37.6 Å². The summed E-state index contributed by atoms with van der Waals surface area (Å²) in [5.41, 5.74) is -0.136. The molecule has 2 N–H and O–H groups in total. The lowest BCUT2D eigenvalue weighted by atomic mass is 9.74. The van der Waals surface area contributed by atoms with Crippen LogP contribution in [0.3, 0.4) is 0 Å². The molecule has 1 aromatic heterocycles. The fourth-order valence-corrected chi connectivity index (χ4v) is 3.44. The summed E-state index contributed by atoms with van der Waals surface area (Å²) in [7, 11) is 0. The Morgan fingerprint density at radius 1 is 1.53 bits per heavy atom. The number of nitrogens with one attached hydrogen (secondary N) is 2. The lowest BCUT2D eigenvalue weighted by molar-refractivity contribution is -0.133. The van der Waals surface area contributed by atoms with E-state index in [0.29, 0.717) is 6.54 Å². The number of aromatic nitrogens is 1. The summed E-state index contributed by atoms with van der Waals surface area (Å²) in [6, 6.07) is 0. The number of amides is 1. The average molecular weight is 281 g/mol. The standard InChI is InChI=1S/C14H23N3OS/c1-2-4-14(5-8-15-9-6-14)13(18)17-7-3-12-16-10-11-19-12/h10-11,15H,2-9H2,1H3,(H,17,18). The van der Waals surface area contributed by atoms with Crippen molar-refractivity contribution < 1.29 is 4.79 Å². The Balaban J connectivity index is 1.85. The van der Waals surface area contributed by atoms with E-state index in [4.69, 9.17) is 0 Å².